The SMILES string of the molecule is CC(F)[C@](O)(Cn1cncn1)c1ccc(Oc2ccc(Cl)cc2)cc1Cl. The zero-order valence-corrected chi connectivity index (χ0v) is 15.3. The molecular weight excluding hydrogens is 380 g/mol. The Labute approximate surface area is 160 Å². The fourth-order valence-electron chi connectivity index (χ4n) is 2.54. The molecule has 2 atom stereocenters. The van der Waals surface area contributed by atoms with E-state index in [0.717, 1.165) is 0 Å². The maximum atomic E-state index is 14.3. The monoisotopic (exact) mass is 395 g/mol. The van der Waals surface area contributed by atoms with Crippen LogP contribution >= 0.6 is 23.2 Å². The third kappa shape index (κ3) is 3.98. The Bertz CT molecular complexity index is 873. The highest BCUT2D eigenvalue weighted by Crippen LogP contribution is 2.37. The van der Waals surface area contributed by atoms with Crippen molar-refractivity contribution in [2.24, 2.45) is 0 Å². The molecule has 2 aromatic carbocycles. The lowest BCUT2D eigenvalue weighted by Gasteiger charge is -2.31. The average molecular weight is 396 g/mol. The first-order valence-electron chi connectivity index (χ1n) is 7.81. The van der Waals surface area contributed by atoms with Crippen molar-refractivity contribution < 1.29 is 14.2 Å². The van der Waals surface area contributed by atoms with E-state index in [4.69, 9.17) is 27.9 Å². The molecule has 0 bridgehead atoms. The van der Waals surface area contributed by atoms with Gasteiger partial charge in [0.05, 0.1) is 11.6 Å². The van der Waals surface area contributed by atoms with E-state index in [0.29, 0.717) is 16.5 Å². The zero-order valence-electron chi connectivity index (χ0n) is 13.8. The van der Waals surface area contributed by atoms with Gasteiger partial charge in [-0.1, -0.05) is 29.3 Å². The minimum atomic E-state index is -1.86. The molecule has 1 heterocycles. The van der Waals surface area contributed by atoms with E-state index in [1.54, 1.807) is 36.4 Å². The number of nitrogens with zero attached hydrogens (tertiary/aromatic N) is 3. The first kappa shape index (κ1) is 18.6. The van der Waals surface area contributed by atoms with Crippen molar-refractivity contribution >= 4 is 23.2 Å². The molecule has 3 rings (SSSR count). The third-order valence-electron chi connectivity index (χ3n) is 3.98. The minimum Gasteiger partial charge on any atom is -0.457 e. The van der Waals surface area contributed by atoms with Crippen molar-refractivity contribution in [3.63, 3.8) is 0 Å². The van der Waals surface area contributed by atoms with Crippen LogP contribution in [0.2, 0.25) is 10.0 Å². The number of halogens is 3. The zero-order chi connectivity index (χ0) is 18.7. The molecule has 0 saturated heterocycles. The number of ether oxygens (including phenoxy) is 1. The molecule has 5 nitrogen and oxygen atoms in total. The molecule has 0 aliphatic heterocycles. The quantitative estimate of drug-likeness (QED) is 0.661. The summed E-state index contributed by atoms with van der Waals surface area (Å²) < 4.78 is 21.3. The second-order valence-corrected chi connectivity index (χ2v) is 6.67. The lowest BCUT2D eigenvalue weighted by Crippen LogP contribution is -2.40. The van der Waals surface area contributed by atoms with Crippen LogP contribution in [0.15, 0.2) is 55.1 Å². The summed E-state index contributed by atoms with van der Waals surface area (Å²) in [4.78, 5) is 3.80. The van der Waals surface area contributed by atoms with E-state index in [1.807, 2.05) is 0 Å². The molecule has 136 valence electrons. The number of aromatic nitrogens is 3. The van der Waals surface area contributed by atoms with Gasteiger partial charge in [-0.15, -0.1) is 0 Å². The molecule has 1 N–H and O–H groups in total. The van der Waals surface area contributed by atoms with E-state index >= 15 is 0 Å². The van der Waals surface area contributed by atoms with Crippen molar-refractivity contribution in [2.75, 3.05) is 0 Å². The molecule has 0 fully saturated rings. The third-order valence-corrected chi connectivity index (χ3v) is 4.55. The summed E-state index contributed by atoms with van der Waals surface area (Å²) in [5.74, 6) is 1.03. The number of hydrogen-bond donors (Lipinski definition) is 1. The van der Waals surface area contributed by atoms with E-state index in [-0.39, 0.29) is 17.1 Å². The number of hydrogen-bond acceptors (Lipinski definition) is 4. The highest BCUT2D eigenvalue weighted by Gasteiger charge is 2.39. The van der Waals surface area contributed by atoms with Gasteiger partial charge in [0.15, 0.2) is 0 Å². The molecule has 8 heteroatoms. The lowest BCUT2D eigenvalue weighted by atomic mass is 9.89. The van der Waals surface area contributed by atoms with Gasteiger partial charge in [0.25, 0.3) is 0 Å². The van der Waals surface area contributed by atoms with Crippen LogP contribution in [0.1, 0.15) is 12.5 Å². The fourth-order valence-corrected chi connectivity index (χ4v) is 3.00. The van der Waals surface area contributed by atoms with Crippen LogP contribution in [-0.2, 0) is 12.1 Å². The van der Waals surface area contributed by atoms with Crippen LogP contribution in [0.25, 0.3) is 0 Å². The summed E-state index contributed by atoms with van der Waals surface area (Å²) in [5.41, 5.74) is -1.61. The van der Waals surface area contributed by atoms with Gasteiger partial charge in [0, 0.05) is 10.6 Å². The highest BCUT2D eigenvalue weighted by molar-refractivity contribution is 6.31. The molecule has 0 amide bonds. The average Bonchev–Trinajstić information content (AvgIpc) is 3.09. The molecule has 26 heavy (non-hydrogen) atoms. The van der Waals surface area contributed by atoms with Gasteiger partial charge in [0.2, 0.25) is 0 Å². The molecule has 0 aliphatic carbocycles. The summed E-state index contributed by atoms with van der Waals surface area (Å²) >= 11 is 12.2. The van der Waals surface area contributed by atoms with Gasteiger partial charge in [-0.2, -0.15) is 5.10 Å². The first-order chi connectivity index (χ1) is 12.4. The van der Waals surface area contributed by atoms with Crippen molar-refractivity contribution in [3.8, 4) is 11.5 Å². The minimum absolute atomic E-state index is 0.123. The number of aliphatic hydroxyl groups is 1. The maximum Gasteiger partial charge on any atom is 0.141 e. The lowest BCUT2D eigenvalue weighted by molar-refractivity contribution is -0.0498. The summed E-state index contributed by atoms with van der Waals surface area (Å²) in [6.45, 7) is 1.15. The Balaban J connectivity index is 1.88. The second kappa shape index (κ2) is 7.61. The standard InChI is InChI=1S/C18H16Cl2FN3O2/c1-12(21)18(25,9-24-11-22-10-23-24)16-7-6-15(8-17(16)20)26-14-4-2-13(19)3-5-14/h2-8,10-12,25H,9H2,1H3/t12?,18-/m1/s1. The number of alkyl halides is 1. The van der Waals surface area contributed by atoms with Crippen LogP contribution in [0.3, 0.4) is 0 Å². The van der Waals surface area contributed by atoms with E-state index in [2.05, 4.69) is 10.1 Å². The van der Waals surface area contributed by atoms with Gasteiger partial charge in [-0.25, -0.2) is 14.1 Å². The Morgan fingerprint density at radius 3 is 2.46 bits per heavy atom. The van der Waals surface area contributed by atoms with Gasteiger partial charge >= 0.3 is 0 Å². The normalized spacial score (nSPS) is 14.7. The highest BCUT2D eigenvalue weighted by atomic mass is 35.5. The number of benzene rings is 2. The Morgan fingerprint density at radius 2 is 1.88 bits per heavy atom. The molecule has 3 aromatic rings. The van der Waals surface area contributed by atoms with Crippen LogP contribution < -0.4 is 4.74 Å². The first-order valence-corrected chi connectivity index (χ1v) is 8.56. The van der Waals surface area contributed by atoms with Gasteiger partial charge in [-0.3, -0.25) is 0 Å². The van der Waals surface area contributed by atoms with Crippen molar-refractivity contribution in [1.29, 1.82) is 0 Å². The molecule has 1 unspecified atom stereocenters. The topological polar surface area (TPSA) is 60.2 Å². The predicted octanol–water partition coefficient (Wildman–Crippen LogP) is 4.62. The molecular formula is C18H16Cl2FN3O2. The summed E-state index contributed by atoms with van der Waals surface area (Å²) in [6.07, 6.45) is 1.13. The van der Waals surface area contributed by atoms with Crippen LogP contribution in [0, 0.1) is 0 Å². The van der Waals surface area contributed by atoms with Gasteiger partial charge in [0.1, 0.15) is 35.9 Å². The van der Waals surface area contributed by atoms with E-state index in [9.17, 15) is 9.50 Å². The fraction of sp³-hybridized carbons (Fsp3) is 0.222. The van der Waals surface area contributed by atoms with E-state index in [1.165, 1.54) is 30.3 Å². The summed E-state index contributed by atoms with van der Waals surface area (Å²) in [5, 5.41) is 15.6. The van der Waals surface area contributed by atoms with Crippen molar-refractivity contribution in [2.45, 2.75) is 25.2 Å². The second-order valence-electron chi connectivity index (χ2n) is 5.83. The summed E-state index contributed by atoms with van der Waals surface area (Å²) in [6, 6.07) is 11.5. The van der Waals surface area contributed by atoms with E-state index < -0.39 is 11.8 Å². The molecule has 1 aromatic heterocycles. The molecule has 0 spiro atoms. The van der Waals surface area contributed by atoms with Crippen LogP contribution in [0.4, 0.5) is 4.39 Å². The van der Waals surface area contributed by atoms with Gasteiger partial charge < -0.3 is 9.84 Å². The Hall–Kier alpha value is -2.15. The smallest absolute Gasteiger partial charge is 0.141 e. The maximum absolute atomic E-state index is 14.3. The Kier molecular flexibility index (Phi) is 5.46. The largest absolute Gasteiger partial charge is 0.457 e. The predicted molar refractivity (Wildman–Crippen MR) is 97.5 cm³/mol. The molecule has 0 radical (unpaired) electrons. The van der Waals surface area contributed by atoms with Gasteiger partial charge in [-0.05, 0) is 43.3 Å². The number of rotatable bonds is 6. The molecule has 0 aliphatic rings. The summed E-state index contributed by atoms with van der Waals surface area (Å²) in [7, 11) is 0. The van der Waals surface area contributed by atoms with Crippen molar-refractivity contribution in [3.05, 3.63) is 70.7 Å². The van der Waals surface area contributed by atoms with Crippen LogP contribution in [-0.4, -0.2) is 26.0 Å². The van der Waals surface area contributed by atoms with Crippen molar-refractivity contribution in [1.82, 2.24) is 14.8 Å². The molecule has 0 saturated carbocycles. The van der Waals surface area contributed by atoms with Crippen LogP contribution in [0.5, 0.6) is 11.5 Å². The Morgan fingerprint density at radius 1 is 1.19 bits per heavy atom.